The first kappa shape index (κ1) is 41.6. The highest BCUT2D eigenvalue weighted by Crippen LogP contribution is 2.49. The standard InChI is InChI=1S/C42H50ClN5O9/c1-22-11-9-13-32(54-8)42(53)21-31(55-40(52)46-42)24(3)37-41(5,57-37)33(20-34(49)48(7)30-19-26(17-22)18-23(2)35(30)43)56-39(51)25(4)47(6)38(50)28-14-15-29(44)36-27(28)12-10-16-45-36/h9-16,18-19,24-25,31-33,37,53H,17,20-21,44H2,1-8H3,(H,46,52)/b13-9+,22-11+/t24-,25+,31+,32-,33+,37+,41+,42+/m1/s1. The molecular weight excluding hydrogens is 754 g/mol. The number of alkyl carbamates (subject to hydrolysis) is 1. The van der Waals surface area contributed by atoms with Gasteiger partial charge in [0.25, 0.3) is 5.91 Å². The summed E-state index contributed by atoms with van der Waals surface area (Å²) in [7, 11) is 4.53. The van der Waals surface area contributed by atoms with Crippen LogP contribution in [-0.2, 0) is 35.0 Å². The second-order valence-corrected chi connectivity index (χ2v) is 15.9. The Balaban J connectivity index is 1.34. The molecule has 3 aromatic rings. The third-order valence-corrected chi connectivity index (χ3v) is 12.0. The first-order valence-corrected chi connectivity index (χ1v) is 19.2. The summed E-state index contributed by atoms with van der Waals surface area (Å²) in [6.07, 6.45) is 2.55. The number of hydrogen-bond acceptors (Lipinski definition) is 11. The molecule has 14 nitrogen and oxygen atoms in total. The van der Waals surface area contributed by atoms with Crippen molar-refractivity contribution in [2.24, 2.45) is 5.92 Å². The summed E-state index contributed by atoms with van der Waals surface area (Å²) in [6, 6.07) is 9.29. The summed E-state index contributed by atoms with van der Waals surface area (Å²) in [5.74, 6) is -2.20. The maximum atomic E-state index is 14.2. The smallest absolute Gasteiger partial charge is 0.409 e. The molecule has 0 aliphatic carbocycles. The summed E-state index contributed by atoms with van der Waals surface area (Å²) in [5, 5.41) is 15.2. The van der Waals surface area contributed by atoms with Crippen molar-refractivity contribution >= 4 is 57.8 Å². The van der Waals surface area contributed by atoms with Crippen LogP contribution in [0.5, 0.6) is 0 Å². The van der Waals surface area contributed by atoms with E-state index in [2.05, 4.69) is 10.3 Å². The van der Waals surface area contributed by atoms with Crippen LogP contribution in [0.3, 0.4) is 0 Å². The number of carbonyl (C=O) groups excluding carboxylic acids is 4. The number of anilines is 2. The van der Waals surface area contributed by atoms with Gasteiger partial charge in [0, 0.05) is 50.7 Å². The second-order valence-electron chi connectivity index (χ2n) is 15.5. The maximum Gasteiger partial charge on any atom is 0.409 e. The molecule has 4 bridgehead atoms. The Labute approximate surface area is 336 Å². The molecule has 3 amide bonds. The second kappa shape index (κ2) is 16.1. The summed E-state index contributed by atoms with van der Waals surface area (Å²) in [6.45, 7) is 8.86. The van der Waals surface area contributed by atoms with Crippen molar-refractivity contribution in [3.63, 3.8) is 0 Å². The number of aliphatic hydroxyl groups is 1. The zero-order valence-electron chi connectivity index (χ0n) is 33.4. The topological polar surface area (TPSA) is 186 Å². The number of carbonyl (C=O) groups is 4. The van der Waals surface area contributed by atoms with Gasteiger partial charge >= 0.3 is 12.1 Å². The number of aromatic nitrogens is 1. The Morgan fingerprint density at radius 3 is 2.67 bits per heavy atom. The van der Waals surface area contributed by atoms with Gasteiger partial charge in [0.15, 0.2) is 5.72 Å². The molecule has 3 aliphatic rings. The van der Waals surface area contributed by atoms with Gasteiger partial charge in [0.2, 0.25) is 5.91 Å². The van der Waals surface area contributed by atoms with Crippen LogP contribution in [0.15, 0.2) is 66.4 Å². The van der Waals surface area contributed by atoms with Crippen LogP contribution in [0.4, 0.5) is 16.2 Å². The number of esters is 1. The number of nitrogens with zero attached hydrogens (tertiary/aromatic N) is 3. The Bertz CT molecular complexity index is 2160. The maximum absolute atomic E-state index is 14.2. The molecule has 0 unspecified atom stereocenters. The minimum absolute atomic E-state index is 0.0591. The number of aryl methyl sites for hydroxylation is 1. The van der Waals surface area contributed by atoms with E-state index in [0.29, 0.717) is 39.3 Å². The lowest BCUT2D eigenvalue weighted by atomic mass is 9.83. The predicted octanol–water partition coefficient (Wildman–Crippen LogP) is 5.26. The summed E-state index contributed by atoms with van der Waals surface area (Å²) >= 11 is 6.80. The molecule has 2 saturated heterocycles. The fourth-order valence-corrected chi connectivity index (χ4v) is 8.02. The number of ether oxygens (including phenoxy) is 4. The van der Waals surface area contributed by atoms with Gasteiger partial charge in [0.05, 0.1) is 34.4 Å². The first-order chi connectivity index (χ1) is 26.9. The lowest BCUT2D eigenvalue weighted by Crippen LogP contribution is -2.63. The number of nitrogen functional groups attached to an aromatic ring is 1. The Kier molecular flexibility index (Phi) is 11.7. The van der Waals surface area contributed by atoms with Crippen LogP contribution in [0.2, 0.25) is 5.02 Å². The van der Waals surface area contributed by atoms with Gasteiger partial charge in [-0.05, 0) is 69.5 Å². The summed E-state index contributed by atoms with van der Waals surface area (Å²) in [4.78, 5) is 62.1. The number of hydrogen-bond donors (Lipinski definition) is 3. The van der Waals surface area contributed by atoms with E-state index in [0.717, 1.165) is 16.7 Å². The number of amides is 3. The van der Waals surface area contributed by atoms with E-state index >= 15 is 0 Å². The van der Waals surface area contributed by atoms with Crippen molar-refractivity contribution in [3.8, 4) is 0 Å². The molecule has 3 aliphatic heterocycles. The average molecular weight is 804 g/mol. The van der Waals surface area contributed by atoms with Crippen LogP contribution >= 0.6 is 11.6 Å². The lowest BCUT2D eigenvalue weighted by molar-refractivity contribution is -0.158. The fraction of sp³-hybridized carbons (Fsp3) is 0.452. The summed E-state index contributed by atoms with van der Waals surface area (Å²) in [5.41, 5.74) is 7.31. The molecule has 0 saturated carbocycles. The Morgan fingerprint density at radius 2 is 1.95 bits per heavy atom. The number of allylic oxidation sites excluding steroid dienone is 3. The largest absolute Gasteiger partial charge is 0.457 e. The number of benzene rings is 2. The van der Waals surface area contributed by atoms with Crippen LogP contribution < -0.4 is 16.0 Å². The van der Waals surface area contributed by atoms with Crippen molar-refractivity contribution in [2.45, 2.75) is 95.7 Å². The molecule has 2 aromatic carbocycles. The zero-order chi connectivity index (χ0) is 41.6. The molecule has 304 valence electrons. The van der Waals surface area contributed by atoms with Gasteiger partial charge in [-0.1, -0.05) is 54.5 Å². The highest BCUT2D eigenvalue weighted by Gasteiger charge is 2.64. The molecule has 4 N–H and O–H groups in total. The predicted molar refractivity (Wildman–Crippen MR) is 215 cm³/mol. The highest BCUT2D eigenvalue weighted by molar-refractivity contribution is 6.34. The van der Waals surface area contributed by atoms with E-state index in [1.807, 2.05) is 32.1 Å². The van der Waals surface area contributed by atoms with E-state index in [9.17, 15) is 24.3 Å². The molecule has 1 aromatic heterocycles. The number of halogens is 1. The van der Waals surface area contributed by atoms with Crippen molar-refractivity contribution in [1.29, 1.82) is 0 Å². The third-order valence-electron chi connectivity index (χ3n) is 11.5. The van der Waals surface area contributed by atoms with Crippen molar-refractivity contribution in [1.82, 2.24) is 15.2 Å². The van der Waals surface area contributed by atoms with Gasteiger partial charge < -0.3 is 39.6 Å². The number of rotatable bonds is 5. The molecule has 4 heterocycles. The average Bonchev–Trinajstić information content (AvgIpc) is 3.87. The van der Waals surface area contributed by atoms with Crippen LogP contribution in [0.25, 0.3) is 10.9 Å². The number of pyridine rings is 1. The van der Waals surface area contributed by atoms with Gasteiger partial charge in [-0.15, -0.1) is 0 Å². The van der Waals surface area contributed by atoms with Crippen molar-refractivity contribution in [2.75, 3.05) is 31.8 Å². The molecular formula is C42H50ClN5O9. The number of likely N-dealkylation sites (N-methyl/N-ethyl adjacent to an activating group) is 1. The van der Waals surface area contributed by atoms with Gasteiger partial charge in [-0.25, -0.2) is 9.59 Å². The van der Waals surface area contributed by atoms with E-state index in [-0.39, 0.29) is 12.8 Å². The van der Waals surface area contributed by atoms with Gasteiger partial charge in [-0.3, -0.25) is 19.9 Å². The van der Waals surface area contributed by atoms with Crippen LogP contribution in [-0.4, -0.2) is 102 Å². The molecule has 15 heteroatoms. The first-order valence-electron chi connectivity index (χ1n) is 18.8. The molecule has 8 atom stereocenters. The number of epoxide rings is 1. The molecule has 6 rings (SSSR count). The fourth-order valence-electron chi connectivity index (χ4n) is 7.79. The number of fused-ring (bicyclic) bond motifs is 6. The van der Waals surface area contributed by atoms with Crippen LogP contribution in [0.1, 0.15) is 62.0 Å². The number of nitrogens with two attached hydrogens (primary N) is 1. The summed E-state index contributed by atoms with van der Waals surface area (Å²) < 4.78 is 23.8. The third kappa shape index (κ3) is 8.22. The van der Waals surface area contributed by atoms with E-state index in [1.54, 1.807) is 63.5 Å². The van der Waals surface area contributed by atoms with Crippen LogP contribution in [0, 0.1) is 12.8 Å². The van der Waals surface area contributed by atoms with E-state index in [1.165, 1.54) is 30.9 Å². The number of nitrogens with one attached hydrogen (secondary N) is 1. The van der Waals surface area contributed by atoms with Gasteiger partial charge in [-0.2, -0.15) is 0 Å². The molecule has 2 fully saturated rings. The van der Waals surface area contributed by atoms with Crippen molar-refractivity contribution < 1.29 is 43.2 Å². The highest BCUT2D eigenvalue weighted by atomic mass is 35.5. The zero-order valence-corrected chi connectivity index (χ0v) is 34.1. The minimum atomic E-state index is -1.83. The monoisotopic (exact) mass is 803 g/mol. The molecule has 57 heavy (non-hydrogen) atoms. The normalized spacial score (nSPS) is 29.9. The Morgan fingerprint density at radius 1 is 1.21 bits per heavy atom. The lowest BCUT2D eigenvalue weighted by Gasteiger charge is -2.42. The quantitative estimate of drug-likeness (QED) is 0.174. The SMILES string of the molecule is CO[C@@H]1/C=C/C=C(\C)Cc2cc(C)c(Cl)c(c2)N(C)C(=O)C[C@H](OC(=O)[C@H](C)N(C)C(=O)c2ccc(N)c3ncccc23)[C@]2(C)O[C@H]2[C@H](C)[C@@H]2C[C@@]1(O)NC(=O)O2. The van der Waals surface area contributed by atoms with E-state index in [4.69, 9.17) is 36.3 Å². The van der Waals surface area contributed by atoms with Crippen molar-refractivity contribution in [3.05, 3.63) is 88.1 Å². The van der Waals surface area contributed by atoms with E-state index < -0.39 is 71.6 Å². The molecule has 0 radical (unpaired) electrons. The molecule has 0 spiro atoms. The minimum Gasteiger partial charge on any atom is -0.457 e. The Hall–Kier alpha value is -5.02. The number of methoxy groups -OCH3 is 1. The van der Waals surface area contributed by atoms with Gasteiger partial charge in [0.1, 0.15) is 30.0 Å².